The fourth-order valence-corrected chi connectivity index (χ4v) is 2.43. The van der Waals surface area contributed by atoms with Gasteiger partial charge >= 0.3 is 12.0 Å². The molecule has 1 fully saturated rings. The summed E-state index contributed by atoms with van der Waals surface area (Å²) in [5.74, 6) is -1.12. The van der Waals surface area contributed by atoms with Crippen LogP contribution in [-0.4, -0.2) is 65.4 Å². The number of aliphatic hydroxyl groups is 1. The van der Waals surface area contributed by atoms with Gasteiger partial charge in [-0.05, 0) is 32.4 Å². The highest BCUT2D eigenvalue weighted by Gasteiger charge is 2.27. The lowest BCUT2D eigenvalue weighted by Crippen LogP contribution is -2.53. The number of carbonyl (C=O) groups is 2. The maximum Gasteiger partial charge on any atom is 0.326 e. The number of amides is 2. The Kier molecular flexibility index (Phi) is 7.32. The Bertz CT molecular complexity index is 319. The molecule has 2 amide bonds. The molecular formula is C13H25N3O4. The summed E-state index contributed by atoms with van der Waals surface area (Å²) in [5, 5.41) is 23.6. The van der Waals surface area contributed by atoms with Crippen molar-refractivity contribution in [1.82, 2.24) is 15.5 Å². The predicted molar refractivity (Wildman–Crippen MR) is 74.5 cm³/mol. The fraction of sp³-hybridized carbons (Fsp3) is 0.846. The van der Waals surface area contributed by atoms with E-state index >= 15 is 0 Å². The molecular weight excluding hydrogens is 262 g/mol. The van der Waals surface area contributed by atoms with Crippen molar-refractivity contribution in [3.8, 4) is 0 Å². The molecule has 4 N–H and O–H groups in total. The minimum Gasteiger partial charge on any atom is -0.480 e. The largest absolute Gasteiger partial charge is 0.480 e. The van der Waals surface area contributed by atoms with Gasteiger partial charge in [-0.3, -0.25) is 0 Å². The number of nitrogens with zero attached hydrogens (tertiary/aromatic N) is 1. The third-order valence-corrected chi connectivity index (χ3v) is 3.49. The Labute approximate surface area is 119 Å². The van der Waals surface area contributed by atoms with E-state index in [2.05, 4.69) is 10.6 Å². The molecule has 116 valence electrons. The van der Waals surface area contributed by atoms with Crippen LogP contribution in [-0.2, 0) is 4.79 Å². The number of nitrogens with one attached hydrogen (secondary N) is 2. The Morgan fingerprint density at radius 2 is 2.05 bits per heavy atom. The van der Waals surface area contributed by atoms with E-state index in [1.54, 1.807) is 4.90 Å². The molecule has 1 aliphatic rings. The van der Waals surface area contributed by atoms with E-state index in [0.717, 1.165) is 32.4 Å². The maximum absolute atomic E-state index is 12.3. The topological polar surface area (TPSA) is 102 Å². The minimum absolute atomic E-state index is 0.0211. The number of carboxylic acid groups (broad SMARTS) is 1. The van der Waals surface area contributed by atoms with E-state index in [1.807, 2.05) is 6.92 Å². The number of piperidine rings is 1. The summed E-state index contributed by atoms with van der Waals surface area (Å²) in [6, 6.07) is -1.23. The van der Waals surface area contributed by atoms with E-state index in [1.165, 1.54) is 0 Å². The molecule has 0 saturated carbocycles. The van der Waals surface area contributed by atoms with E-state index in [-0.39, 0.29) is 25.1 Å². The summed E-state index contributed by atoms with van der Waals surface area (Å²) in [5.41, 5.74) is 0. The zero-order chi connectivity index (χ0) is 15.0. The highest BCUT2D eigenvalue weighted by atomic mass is 16.4. The van der Waals surface area contributed by atoms with Gasteiger partial charge in [-0.15, -0.1) is 0 Å². The third-order valence-electron chi connectivity index (χ3n) is 3.49. The number of aliphatic hydroxyl groups excluding tert-OH is 1. The molecule has 1 aliphatic heterocycles. The van der Waals surface area contributed by atoms with Crippen LogP contribution in [0.15, 0.2) is 0 Å². The molecule has 1 atom stereocenters. The first-order chi connectivity index (χ1) is 9.60. The maximum atomic E-state index is 12.3. The van der Waals surface area contributed by atoms with Crippen LogP contribution in [0.25, 0.3) is 0 Å². The Morgan fingerprint density at radius 3 is 2.55 bits per heavy atom. The molecule has 0 aromatic rings. The average molecular weight is 287 g/mol. The van der Waals surface area contributed by atoms with Crippen LogP contribution in [0.3, 0.4) is 0 Å². The molecule has 7 nitrogen and oxygen atoms in total. The van der Waals surface area contributed by atoms with Gasteiger partial charge in [0.25, 0.3) is 0 Å². The standard InChI is InChI=1S/C13H25N3O4/c1-2-8-16(10-3-6-14-7-4-10)13(20)15-11(5-9-17)12(18)19/h10-11,14,17H,2-9H2,1H3,(H,15,20)(H,18,19)/t11-/m1/s1. The van der Waals surface area contributed by atoms with Crippen molar-refractivity contribution in [2.45, 2.75) is 44.7 Å². The molecule has 0 aliphatic carbocycles. The van der Waals surface area contributed by atoms with Gasteiger partial charge in [-0.1, -0.05) is 6.92 Å². The van der Waals surface area contributed by atoms with Crippen LogP contribution in [0.1, 0.15) is 32.6 Å². The smallest absolute Gasteiger partial charge is 0.326 e. The fourth-order valence-electron chi connectivity index (χ4n) is 2.43. The highest BCUT2D eigenvalue weighted by molar-refractivity contribution is 5.82. The number of urea groups is 1. The number of carboxylic acids is 1. The summed E-state index contributed by atoms with van der Waals surface area (Å²) < 4.78 is 0. The van der Waals surface area contributed by atoms with Crippen molar-refractivity contribution >= 4 is 12.0 Å². The molecule has 0 spiro atoms. The number of hydrogen-bond acceptors (Lipinski definition) is 4. The Hall–Kier alpha value is -1.34. The van der Waals surface area contributed by atoms with Crippen molar-refractivity contribution in [2.24, 2.45) is 0 Å². The van der Waals surface area contributed by atoms with Gasteiger partial charge in [-0.2, -0.15) is 0 Å². The van der Waals surface area contributed by atoms with Gasteiger partial charge in [0.05, 0.1) is 0 Å². The van der Waals surface area contributed by atoms with Crippen molar-refractivity contribution in [3.05, 3.63) is 0 Å². The normalized spacial score (nSPS) is 17.5. The molecule has 1 rings (SSSR count). The number of carbonyl (C=O) groups excluding carboxylic acids is 1. The van der Waals surface area contributed by atoms with E-state index < -0.39 is 12.0 Å². The van der Waals surface area contributed by atoms with Gasteiger partial charge < -0.3 is 25.7 Å². The average Bonchev–Trinajstić information content (AvgIpc) is 2.45. The van der Waals surface area contributed by atoms with E-state index in [4.69, 9.17) is 10.2 Å². The first-order valence-electron chi connectivity index (χ1n) is 7.21. The third kappa shape index (κ3) is 4.97. The van der Waals surface area contributed by atoms with Gasteiger partial charge in [-0.25, -0.2) is 9.59 Å². The zero-order valence-electron chi connectivity index (χ0n) is 12.0. The van der Waals surface area contributed by atoms with Crippen LogP contribution in [0, 0.1) is 0 Å². The monoisotopic (exact) mass is 287 g/mol. The van der Waals surface area contributed by atoms with Crippen LogP contribution in [0.4, 0.5) is 4.79 Å². The number of rotatable bonds is 7. The number of hydrogen-bond donors (Lipinski definition) is 4. The highest BCUT2D eigenvalue weighted by Crippen LogP contribution is 2.13. The molecule has 1 heterocycles. The predicted octanol–water partition coefficient (Wildman–Crippen LogP) is -0.00440. The first-order valence-corrected chi connectivity index (χ1v) is 7.21. The van der Waals surface area contributed by atoms with Gasteiger partial charge in [0.1, 0.15) is 6.04 Å². The van der Waals surface area contributed by atoms with Crippen molar-refractivity contribution < 1.29 is 19.8 Å². The molecule has 0 bridgehead atoms. The molecule has 0 radical (unpaired) electrons. The Balaban J connectivity index is 2.64. The minimum atomic E-state index is -1.12. The van der Waals surface area contributed by atoms with Gasteiger partial charge in [0, 0.05) is 25.6 Å². The van der Waals surface area contributed by atoms with Crippen molar-refractivity contribution in [3.63, 3.8) is 0 Å². The molecule has 7 heteroatoms. The summed E-state index contributed by atoms with van der Waals surface area (Å²) >= 11 is 0. The summed E-state index contributed by atoms with van der Waals surface area (Å²) in [7, 11) is 0. The lowest BCUT2D eigenvalue weighted by atomic mass is 10.0. The Morgan fingerprint density at radius 1 is 1.40 bits per heavy atom. The van der Waals surface area contributed by atoms with E-state index in [0.29, 0.717) is 6.54 Å². The van der Waals surface area contributed by atoms with Crippen molar-refractivity contribution in [2.75, 3.05) is 26.2 Å². The van der Waals surface area contributed by atoms with Crippen LogP contribution >= 0.6 is 0 Å². The molecule has 1 saturated heterocycles. The zero-order valence-corrected chi connectivity index (χ0v) is 12.0. The van der Waals surface area contributed by atoms with Gasteiger partial charge in [0.2, 0.25) is 0 Å². The van der Waals surface area contributed by atoms with Crippen LogP contribution < -0.4 is 10.6 Å². The quantitative estimate of drug-likeness (QED) is 0.528. The summed E-state index contributed by atoms with van der Waals surface area (Å²) in [4.78, 5) is 25.0. The second kappa shape index (κ2) is 8.76. The van der Waals surface area contributed by atoms with Crippen molar-refractivity contribution in [1.29, 1.82) is 0 Å². The molecule has 0 aromatic heterocycles. The lowest BCUT2D eigenvalue weighted by Gasteiger charge is -2.35. The summed E-state index contributed by atoms with van der Waals surface area (Å²) in [6.45, 7) is 4.08. The molecule has 0 aromatic carbocycles. The van der Waals surface area contributed by atoms with Gasteiger partial charge in [0.15, 0.2) is 0 Å². The lowest BCUT2D eigenvalue weighted by molar-refractivity contribution is -0.139. The summed E-state index contributed by atoms with van der Waals surface area (Å²) in [6.07, 6.45) is 2.61. The van der Waals surface area contributed by atoms with Crippen LogP contribution in [0.2, 0.25) is 0 Å². The molecule has 20 heavy (non-hydrogen) atoms. The van der Waals surface area contributed by atoms with Crippen LogP contribution in [0.5, 0.6) is 0 Å². The molecule has 0 unspecified atom stereocenters. The second-order valence-electron chi connectivity index (χ2n) is 5.03. The second-order valence-corrected chi connectivity index (χ2v) is 5.03. The first kappa shape index (κ1) is 16.7. The number of aliphatic carboxylic acids is 1. The van der Waals surface area contributed by atoms with E-state index in [9.17, 15) is 9.59 Å². The SMILES string of the molecule is CCCN(C(=O)N[C@H](CCO)C(=O)O)C1CCNCC1.